The highest BCUT2D eigenvalue weighted by Gasteiger charge is 2.17. The number of halogens is 2. The normalized spacial score (nSPS) is 15.3. The molecule has 1 N–H and O–H groups in total. The summed E-state index contributed by atoms with van der Waals surface area (Å²) in [5, 5.41) is 2.24. The number of benzene rings is 2. The quantitative estimate of drug-likeness (QED) is 0.552. The number of fused-ring (bicyclic) bond motifs is 1. The first-order valence-corrected chi connectivity index (χ1v) is 11.0. The highest BCUT2D eigenvalue weighted by atomic mass is 35.5. The fourth-order valence-electron chi connectivity index (χ4n) is 3.87. The highest BCUT2D eigenvalue weighted by molar-refractivity contribution is 6.43. The smallest absolute Gasteiger partial charge is 0.248 e. The maximum absolute atomic E-state index is 11.5. The van der Waals surface area contributed by atoms with E-state index in [2.05, 4.69) is 14.8 Å². The lowest BCUT2D eigenvalue weighted by atomic mass is 10.2. The third-order valence-electron chi connectivity index (χ3n) is 5.44. The summed E-state index contributed by atoms with van der Waals surface area (Å²) < 4.78 is 5.90. The van der Waals surface area contributed by atoms with Gasteiger partial charge in [-0.2, -0.15) is 0 Å². The number of hydrogen-bond acceptors (Lipinski definition) is 4. The number of aromatic amines is 1. The van der Waals surface area contributed by atoms with E-state index in [4.69, 9.17) is 27.9 Å². The lowest BCUT2D eigenvalue weighted by Gasteiger charge is -2.25. The van der Waals surface area contributed by atoms with Crippen molar-refractivity contribution in [3.05, 3.63) is 68.9 Å². The minimum absolute atomic E-state index is 0.103. The summed E-state index contributed by atoms with van der Waals surface area (Å²) in [6, 6.07) is 15.0. The maximum Gasteiger partial charge on any atom is 0.248 e. The predicted octanol–water partition coefficient (Wildman–Crippen LogP) is 4.82. The molecule has 3 aromatic rings. The van der Waals surface area contributed by atoms with Gasteiger partial charge in [0.1, 0.15) is 5.75 Å². The lowest BCUT2D eigenvalue weighted by Crippen LogP contribution is -2.32. The number of nitrogens with zero attached hydrogens (tertiary/aromatic N) is 2. The van der Waals surface area contributed by atoms with Crippen molar-refractivity contribution in [3.8, 4) is 5.75 Å². The minimum Gasteiger partial charge on any atom is -0.493 e. The molecule has 0 bridgehead atoms. The number of ether oxygens (including phenoxy) is 1. The van der Waals surface area contributed by atoms with Crippen LogP contribution in [0.1, 0.15) is 12.8 Å². The Hall–Kier alpha value is -2.21. The van der Waals surface area contributed by atoms with Crippen LogP contribution < -0.4 is 15.2 Å². The van der Waals surface area contributed by atoms with Gasteiger partial charge in [-0.3, -0.25) is 4.79 Å². The number of hydrogen-bond donors (Lipinski definition) is 1. The Morgan fingerprint density at radius 3 is 2.77 bits per heavy atom. The van der Waals surface area contributed by atoms with Gasteiger partial charge in [0.15, 0.2) is 0 Å². The van der Waals surface area contributed by atoms with E-state index in [9.17, 15) is 4.79 Å². The monoisotopic (exact) mass is 445 g/mol. The average molecular weight is 446 g/mol. The number of pyridine rings is 1. The Morgan fingerprint density at radius 1 is 1.00 bits per heavy atom. The molecule has 0 spiro atoms. The molecule has 0 unspecified atom stereocenters. The molecule has 0 amide bonds. The van der Waals surface area contributed by atoms with Crippen molar-refractivity contribution in [2.45, 2.75) is 12.8 Å². The van der Waals surface area contributed by atoms with Crippen molar-refractivity contribution in [3.63, 3.8) is 0 Å². The molecular formula is C23H25Cl2N3O2. The fourth-order valence-corrected chi connectivity index (χ4v) is 4.28. The largest absolute Gasteiger partial charge is 0.493 e. The zero-order valence-electron chi connectivity index (χ0n) is 16.7. The second-order valence-corrected chi connectivity index (χ2v) is 8.31. The molecule has 1 aromatic heterocycles. The van der Waals surface area contributed by atoms with Crippen LogP contribution in [0.2, 0.25) is 10.0 Å². The van der Waals surface area contributed by atoms with Crippen molar-refractivity contribution in [2.75, 3.05) is 44.2 Å². The van der Waals surface area contributed by atoms with Crippen LogP contribution in [0.25, 0.3) is 10.9 Å². The number of nitrogens with one attached hydrogen (secondary N) is 1. The van der Waals surface area contributed by atoms with Crippen molar-refractivity contribution >= 4 is 39.8 Å². The van der Waals surface area contributed by atoms with Crippen LogP contribution in [0, 0.1) is 0 Å². The minimum atomic E-state index is -0.103. The molecule has 1 fully saturated rings. The summed E-state index contributed by atoms with van der Waals surface area (Å²) in [5.41, 5.74) is 1.71. The summed E-state index contributed by atoms with van der Waals surface area (Å²) in [7, 11) is 0. The SMILES string of the molecule is O=c1ccc2ccc(OCCCN3CCCN(c4cccc(Cl)c4Cl)CC3)cc2[nH]1. The van der Waals surface area contributed by atoms with E-state index in [0.717, 1.165) is 67.9 Å². The fraction of sp³-hybridized carbons (Fsp3) is 0.348. The van der Waals surface area contributed by atoms with Gasteiger partial charge in [-0.25, -0.2) is 0 Å². The first-order valence-electron chi connectivity index (χ1n) is 10.3. The maximum atomic E-state index is 11.5. The van der Waals surface area contributed by atoms with Gasteiger partial charge in [-0.1, -0.05) is 29.3 Å². The van der Waals surface area contributed by atoms with Gasteiger partial charge < -0.3 is 19.5 Å². The number of aromatic nitrogens is 1. The summed E-state index contributed by atoms with van der Waals surface area (Å²) >= 11 is 12.6. The molecule has 7 heteroatoms. The summed E-state index contributed by atoms with van der Waals surface area (Å²) in [6.45, 7) is 5.58. The summed E-state index contributed by atoms with van der Waals surface area (Å²) in [4.78, 5) is 19.1. The van der Waals surface area contributed by atoms with Gasteiger partial charge in [0, 0.05) is 38.3 Å². The molecule has 0 saturated carbocycles. The Labute approximate surface area is 186 Å². The zero-order chi connectivity index (χ0) is 20.9. The van der Waals surface area contributed by atoms with Crippen LogP contribution >= 0.6 is 23.2 Å². The van der Waals surface area contributed by atoms with Crippen LogP contribution in [0.4, 0.5) is 5.69 Å². The zero-order valence-corrected chi connectivity index (χ0v) is 18.3. The van der Waals surface area contributed by atoms with Crippen molar-refractivity contribution in [1.29, 1.82) is 0 Å². The van der Waals surface area contributed by atoms with E-state index in [1.165, 1.54) is 6.07 Å². The van der Waals surface area contributed by atoms with Crippen LogP contribution in [0.15, 0.2) is 53.3 Å². The van der Waals surface area contributed by atoms with E-state index < -0.39 is 0 Å². The van der Waals surface area contributed by atoms with Crippen LogP contribution in [0.3, 0.4) is 0 Å². The van der Waals surface area contributed by atoms with Gasteiger partial charge in [-0.15, -0.1) is 0 Å². The summed E-state index contributed by atoms with van der Waals surface area (Å²) in [6.07, 6.45) is 2.03. The van der Waals surface area contributed by atoms with Crippen molar-refractivity contribution in [1.82, 2.24) is 9.88 Å². The highest BCUT2D eigenvalue weighted by Crippen LogP contribution is 2.32. The van der Waals surface area contributed by atoms with Gasteiger partial charge in [0.05, 0.1) is 27.9 Å². The molecule has 2 aromatic carbocycles. The van der Waals surface area contributed by atoms with E-state index in [-0.39, 0.29) is 5.56 Å². The molecule has 1 aliphatic heterocycles. The Morgan fingerprint density at radius 2 is 1.87 bits per heavy atom. The topological polar surface area (TPSA) is 48.6 Å². The van der Waals surface area contributed by atoms with Crippen molar-refractivity contribution in [2.24, 2.45) is 0 Å². The number of rotatable bonds is 6. The lowest BCUT2D eigenvalue weighted by molar-refractivity contribution is 0.244. The molecule has 1 aliphatic rings. The standard InChI is InChI=1S/C23H25Cl2N3O2/c24-19-4-1-5-21(23(19)25)28-12-2-10-27(13-14-28)11-3-15-30-18-8-6-17-7-9-22(29)26-20(17)16-18/h1,4-9,16H,2-3,10-15H2,(H,26,29). The van der Waals surface area contributed by atoms with Gasteiger partial charge in [0.25, 0.3) is 0 Å². The Bertz CT molecular complexity index is 1070. The van der Waals surface area contributed by atoms with Gasteiger partial charge in [0.2, 0.25) is 5.56 Å². The first-order chi connectivity index (χ1) is 14.6. The van der Waals surface area contributed by atoms with E-state index >= 15 is 0 Å². The van der Waals surface area contributed by atoms with Crippen molar-refractivity contribution < 1.29 is 4.74 Å². The number of anilines is 1. The molecular weight excluding hydrogens is 421 g/mol. The molecule has 2 heterocycles. The predicted molar refractivity (Wildman–Crippen MR) is 124 cm³/mol. The average Bonchev–Trinajstić information content (AvgIpc) is 2.98. The third-order valence-corrected chi connectivity index (χ3v) is 6.25. The van der Waals surface area contributed by atoms with E-state index in [1.807, 2.05) is 42.5 Å². The Kier molecular flexibility index (Phi) is 6.82. The molecule has 30 heavy (non-hydrogen) atoms. The molecule has 0 radical (unpaired) electrons. The third kappa shape index (κ3) is 5.09. The molecule has 1 saturated heterocycles. The van der Waals surface area contributed by atoms with Crippen LogP contribution in [-0.4, -0.2) is 49.2 Å². The Balaban J connectivity index is 1.26. The molecule has 158 valence electrons. The molecule has 0 atom stereocenters. The van der Waals surface area contributed by atoms with Crippen LogP contribution in [0.5, 0.6) is 5.75 Å². The molecule has 4 rings (SSSR count). The first kappa shape index (κ1) is 21.0. The second kappa shape index (κ2) is 9.73. The van der Waals surface area contributed by atoms with E-state index in [1.54, 1.807) is 0 Å². The van der Waals surface area contributed by atoms with E-state index in [0.29, 0.717) is 16.7 Å². The van der Waals surface area contributed by atoms with Gasteiger partial charge in [-0.05, 0) is 55.1 Å². The molecule has 0 aliphatic carbocycles. The van der Waals surface area contributed by atoms with Crippen LogP contribution in [-0.2, 0) is 0 Å². The number of H-pyrrole nitrogens is 1. The molecule has 5 nitrogen and oxygen atoms in total. The second-order valence-electron chi connectivity index (χ2n) is 7.53. The summed E-state index contributed by atoms with van der Waals surface area (Å²) in [5.74, 6) is 0.780. The van der Waals surface area contributed by atoms with Gasteiger partial charge >= 0.3 is 0 Å².